The summed E-state index contributed by atoms with van der Waals surface area (Å²) in [5, 5.41) is 3.05. The molecule has 6 rings (SSSR count). The molecule has 5 aliphatic rings. The molecule has 6 heteroatoms. The summed E-state index contributed by atoms with van der Waals surface area (Å²) in [6.45, 7) is 0.792. The molecule has 1 unspecified atom stereocenters. The van der Waals surface area contributed by atoms with E-state index in [1.54, 1.807) is 14.2 Å². The fourth-order valence-corrected chi connectivity index (χ4v) is 7.32. The van der Waals surface area contributed by atoms with Gasteiger partial charge in [0.15, 0.2) is 0 Å². The normalized spacial score (nSPS) is 33.4. The lowest BCUT2D eigenvalue weighted by Crippen LogP contribution is -2.54. The molecule has 0 aromatic heterocycles. The smallest absolute Gasteiger partial charge is 0.242 e. The van der Waals surface area contributed by atoms with Crippen LogP contribution in [-0.2, 0) is 9.59 Å². The van der Waals surface area contributed by atoms with Crippen molar-refractivity contribution in [3.8, 4) is 11.5 Å². The van der Waals surface area contributed by atoms with Crippen molar-refractivity contribution in [3.63, 3.8) is 0 Å². The molecule has 4 aliphatic carbocycles. The summed E-state index contributed by atoms with van der Waals surface area (Å²) in [7, 11) is 3.29. The second-order valence-electron chi connectivity index (χ2n) is 10.2. The summed E-state index contributed by atoms with van der Waals surface area (Å²) in [5.41, 5.74) is 0.759. The Kier molecular flexibility index (Phi) is 5.35. The van der Waals surface area contributed by atoms with Gasteiger partial charge in [0, 0.05) is 17.5 Å². The van der Waals surface area contributed by atoms with Gasteiger partial charge in [-0.05, 0) is 87.3 Å². The zero-order valence-electron chi connectivity index (χ0n) is 18.7. The van der Waals surface area contributed by atoms with Crippen LogP contribution in [0.4, 0.5) is 0 Å². The Balaban J connectivity index is 1.26. The van der Waals surface area contributed by atoms with Gasteiger partial charge < -0.3 is 19.7 Å². The van der Waals surface area contributed by atoms with Gasteiger partial charge in [0.05, 0.1) is 26.8 Å². The Labute approximate surface area is 184 Å². The molecule has 1 heterocycles. The minimum atomic E-state index is -0.213. The quantitative estimate of drug-likeness (QED) is 0.753. The van der Waals surface area contributed by atoms with Gasteiger partial charge >= 0.3 is 0 Å². The largest absolute Gasteiger partial charge is 0.497 e. The lowest BCUT2D eigenvalue weighted by molar-refractivity contribution is -0.148. The number of likely N-dealkylation sites (tertiary alicyclic amines) is 1. The molecule has 0 radical (unpaired) electrons. The molecule has 4 saturated carbocycles. The first kappa shape index (κ1) is 20.7. The van der Waals surface area contributed by atoms with Gasteiger partial charge in [0.1, 0.15) is 11.5 Å². The number of hydrogen-bond donors (Lipinski definition) is 1. The summed E-state index contributed by atoms with van der Waals surface area (Å²) < 4.78 is 10.9. The highest BCUT2D eigenvalue weighted by atomic mass is 16.5. The van der Waals surface area contributed by atoms with Crippen molar-refractivity contribution >= 4 is 11.8 Å². The Morgan fingerprint density at radius 3 is 2.35 bits per heavy atom. The molecular formula is C25H34N2O4. The van der Waals surface area contributed by atoms with Crippen LogP contribution in [0.2, 0.25) is 0 Å². The molecule has 1 N–H and O–H groups in total. The number of methoxy groups -OCH3 is 2. The van der Waals surface area contributed by atoms with Crippen molar-refractivity contribution in [2.75, 3.05) is 27.3 Å². The van der Waals surface area contributed by atoms with E-state index >= 15 is 0 Å². The van der Waals surface area contributed by atoms with Crippen molar-refractivity contribution in [1.82, 2.24) is 10.2 Å². The van der Waals surface area contributed by atoms with E-state index in [0.29, 0.717) is 6.54 Å². The predicted octanol–water partition coefficient (Wildman–Crippen LogP) is 3.70. The predicted molar refractivity (Wildman–Crippen MR) is 117 cm³/mol. The molecular weight excluding hydrogens is 392 g/mol. The van der Waals surface area contributed by atoms with Crippen LogP contribution in [0.15, 0.2) is 18.2 Å². The molecule has 168 valence electrons. The van der Waals surface area contributed by atoms with E-state index in [9.17, 15) is 9.59 Å². The van der Waals surface area contributed by atoms with Crippen LogP contribution in [0.25, 0.3) is 0 Å². The van der Waals surface area contributed by atoms with Crippen molar-refractivity contribution in [3.05, 3.63) is 23.8 Å². The molecule has 6 nitrogen and oxygen atoms in total. The third kappa shape index (κ3) is 3.68. The van der Waals surface area contributed by atoms with E-state index in [1.807, 2.05) is 23.1 Å². The third-order valence-electron chi connectivity index (χ3n) is 8.29. The molecule has 5 fully saturated rings. The zero-order chi connectivity index (χ0) is 21.6. The maximum atomic E-state index is 13.2. The van der Waals surface area contributed by atoms with E-state index < -0.39 is 0 Å². The molecule has 4 bridgehead atoms. The van der Waals surface area contributed by atoms with Gasteiger partial charge in [-0.15, -0.1) is 0 Å². The van der Waals surface area contributed by atoms with E-state index in [0.717, 1.165) is 66.9 Å². The first-order chi connectivity index (χ1) is 15.0. The van der Waals surface area contributed by atoms with Gasteiger partial charge in [-0.1, -0.05) is 0 Å². The molecule has 1 aromatic rings. The monoisotopic (exact) mass is 426 g/mol. The van der Waals surface area contributed by atoms with Gasteiger partial charge in [0.25, 0.3) is 0 Å². The fraction of sp³-hybridized carbons (Fsp3) is 0.680. The van der Waals surface area contributed by atoms with Crippen molar-refractivity contribution < 1.29 is 19.1 Å². The minimum absolute atomic E-state index is 0.00884. The maximum absolute atomic E-state index is 13.2. The third-order valence-corrected chi connectivity index (χ3v) is 8.29. The van der Waals surface area contributed by atoms with Crippen LogP contribution in [0.5, 0.6) is 11.5 Å². The van der Waals surface area contributed by atoms with Crippen LogP contribution in [0, 0.1) is 23.2 Å². The summed E-state index contributed by atoms with van der Waals surface area (Å²) in [4.78, 5) is 28.3. The Hall–Kier alpha value is -2.24. The average molecular weight is 427 g/mol. The molecule has 1 atom stereocenters. The second kappa shape index (κ2) is 8.03. The first-order valence-corrected chi connectivity index (χ1v) is 11.8. The zero-order valence-corrected chi connectivity index (χ0v) is 18.7. The first-order valence-electron chi connectivity index (χ1n) is 11.8. The summed E-state index contributed by atoms with van der Waals surface area (Å²) >= 11 is 0. The highest BCUT2D eigenvalue weighted by Crippen LogP contribution is 2.60. The maximum Gasteiger partial charge on any atom is 0.242 e. The van der Waals surface area contributed by atoms with Crippen LogP contribution in [-0.4, -0.2) is 44.0 Å². The topological polar surface area (TPSA) is 67.9 Å². The highest BCUT2D eigenvalue weighted by molar-refractivity contribution is 5.88. The van der Waals surface area contributed by atoms with Crippen LogP contribution in [0.1, 0.15) is 63.0 Å². The van der Waals surface area contributed by atoms with E-state index in [1.165, 1.54) is 19.3 Å². The van der Waals surface area contributed by atoms with E-state index in [4.69, 9.17) is 9.47 Å². The van der Waals surface area contributed by atoms with Gasteiger partial charge in [-0.3, -0.25) is 9.59 Å². The van der Waals surface area contributed by atoms with Crippen LogP contribution < -0.4 is 14.8 Å². The number of hydrogen-bond acceptors (Lipinski definition) is 4. The molecule has 0 spiro atoms. The van der Waals surface area contributed by atoms with Crippen molar-refractivity contribution in [2.45, 2.75) is 57.4 Å². The number of carbonyl (C=O) groups excluding carboxylic acids is 2. The fourth-order valence-electron chi connectivity index (χ4n) is 7.32. The van der Waals surface area contributed by atoms with Crippen LogP contribution >= 0.6 is 0 Å². The Morgan fingerprint density at radius 1 is 1.06 bits per heavy atom. The standard InChI is InChI=1S/C25H34N2O4/c1-30-19-5-6-22(31-2)20(11-19)21-4-3-7-27(21)23(28)15-26-24(29)25-12-16-8-17(13-25)10-18(9-16)14-25/h5-6,11,16-18,21H,3-4,7-10,12-15H2,1-2H3,(H,26,29). The summed E-state index contributed by atoms with van der Waals surface area (Å²) in [6, 6.07) is 5.68. The molecule has 2 amide bonds. The number of rotatable bonds is 6. The molecule has 1 aromatic carbocycles. The Bertz CT molecular complexity index is 832. The summed E-state index contributed by atoms with van der Waals surface area (Å²) in [6.07, 6.45) is 8.82. The average Bonchev–Trinajstić information content (AvgIpc) is 3.25. The van der Waals surface area contributed by atoms with Crippen molar-refractivity contribution in [1.29, 1.82) is 0 Å². The lowest BCUT2D eigenvalue weighted by atomic mass is 9.49. The number of carbonyl (C=O) groups is 2. The lowest BCUT2D eigenvalue weighted by Gasteiger charge is -2.55. The number of nitrogens with zero attached hydrogens (tertiary/aromatic N) is 1. The van der Waals surface area contributed by atoms with Crippen LogP contribution in [0.3, 0.4) is 0 Å². The Morgan fingerprint density at radius 2 is 1.74 bits per heavy atom. The van der Waals surface area contributed by atoms with E-state index in [2.05, 4.69) is 5.32 Å². The van der Waals surface area contributed by atoms with Gasteiger partial charge in [0.2, 0.25) is 11.8 Å². The number of benzene rings is 1. The minimum Gasteiger partial charge on any atom is -0.497 e. The molecule has 1 saturated heterocycles. The SMILES string of the molecule is COc1ccc(OC)c(C2CCCN2C(=O)CNC(=O)C23CC4CC(CC(C4)C2)C3)c1. The van der Waals surface area contributed by atoms with Gasteiger partial charge in [-0.2, -0.15) is 0 Å². The van der Waals surface area contributed by atoms with Crippen molar-refractivity contribution in [2.24, 2.45) is 23.2 Å². The second-order valence-corrected chi connectivity index (χ2v) is 10.2. The number of ether oxygens (including phenoxy) is 2. The number of amides is 2. The highest BCUT2D eigenvalue weighted by Gasteiger charge is 2.54. The van der Waals surface area contributed by atoms with Gasteiger partial charge in [-0.25, -0.2) is 0 Å². The van der Waals surface area contributed by atoms with E-state index in [-0.39, 0.29) is 29.8 Å². The summed E-state index contributed by atoms with van der Waals surface area (Å²) in [5.74, 6) is 3.79. The molecule has 31 heavy (non-hydrogen) atoms. The number of nitrogens with one attached hydrogen (secondary N) is 1. The molecule has 1 aliphatic heterocycles.